The molecule has 0 radical (unpaired) electrons. The van der Waals surface area contributed by atoms with Crippen molar-refractivity contribution in [3.05, 3.63) is 0 Å². The minimum atomic E-state index is 0.682. The molecule has 0 saturated heterocycles. The van der Waals surface area contributed by atoms with E-state index in [2.05, 4.69) is 26.1 Å². The molecule has 0 rings (SSSR count). The van der Waals surface area contributed by atoms with Gasteiger partial charge in [0.1, 0.15) is 0 Å². The first kappa shape index (κ1) is 10.3. The molecule has 10 heavy (non-hydrogen) atoms. The van der Waals surface area contributed by atoms with E-state index in [9.17, 15) is 0 Å². The molecule has 0 aromatic carbocycles. The van der Waals surface area contributed by atoms with E-state index in [1.54, 1.807) is 0 Å². The molecule has 1 N–H and O–H groups in total. The molecule has 0 aliphatic carbocycles. The van der Waals surface area contributed by atoms with Crippen LogP contribution in [-0.4, -0.2) is 24.1 Å². The van der Waals surface area contributed by atoms with Gasteiger partial charge in [-0.3, -0.25) is 0 Å². The minimum absolute atomic E-state index is 0.682. The summed E-state index contributed by atoms with van der Waals surface area (Å²) in [5.41, 5.74) is 0. The predicted octanol–water partition coefficient (Wildman–Crippen LogP) is 2.13. The molecule has 0 spiro atoms. The van der Waals surface area contributed by atoms with E-state index < -0.39 is 0 Å². The van der Waals surface area contributed by atoms with E-state index in [-0.39, 0.29) is 0 Å². The van der Waals surface area contributed by atoms with E-state index >= 15 is 0 Å². The largest absolute Gasteiger partial charge is 0.314 e. The molecule has 1 atom stereocenters. The van der Waals surface area contributed by atoms with E-state index in [4.69, 9.17) is 0 Å². The molecule has 2 heteroatoms. The second-order valence-corrected chi connectivity index (χ2v) is 3.68. The molecule has 0 bridgehead atoms. The van der Waals surface area contributed by atoms with Gasteiger partial charge in [-0.15, -0.1) is 0 Å². The van der Waals surface area contributed by atoms with E-state index in [0.29, 0.717) is 6.04 Å². The Morgan fingerprint density at radius 3 is 2.60 bits per heavy atom. The van der Waals surface area contributed by atoms with Crippen molar-refractivity contribution in [2.75, 3.05) is 18.1 Å². The monoisotopic (exact) mass is 161 g/mol. The van der Waals surface area contributed by atoms with Crippen molar-refractivity contribution >= 4 is 11.8 Å². The van der Waals surface area contributed by atoms with Crippen LogP contribution in [0.2, 0.25) is 0 Å². The van der Waals surface area contributed by atoms with Crippen LogP contribution in [0.25, 0.3) is 0 Å². The highest BCUT2D eigenvalue weighted by Crippen LogP contribution is 2.03. The summed E-state index contributed by atoms with van der Waals surface area (Å²) in [5, 5.41) is 3.38. The first-order chi connectivity index (χ1) is 4.81. The molecule has 62 valence electrons. The van der Waals surface area contributed by atoms with E-state index in [1.807, 2.05) is 11.8 Å². The topological polar surface area (TPSA) is 12.0 Å². The van der Waals surface area contributed by atoms with Crippen molar-refractivity contribution < 1.29 is 0 Å². The summed E-state index contributed by atoms with van der Waals surface area (Å²) < 4.78 is 0. The molecule has 1 nitrogen and oxygen atoms in total. The Kier molecular flexibility index (Phi) is 7.65. The maximum absolute atomic E-state index is 3.38. The summed E-state index contributed by atoms with van der Waals surface area (Å²) in [5.74, 6) is 2.55. The highest BCUT2D eigenvalue weighted by molar-refractivity contribution is 7.99. The van der Waals surface area contributed by atoms with Gasteiger partial charge in [-0.25, -0.2) is 0 Å². The van der Waals surface area contributed by atoms with Crippen molar-refractivity contribution in [1.82, 2.24) is 5.32 Å². The molecule has 0 aliphatic heterocycles. The standard InChI is InChI=1S/C8H19NS/c1-4-6-10-7-8(3)9-5-2/h8-9H,4-7H2,1-3H3. The molecule has 0 fully saturated rings. The Bertz CT molecular complexity index is 66.3. The van der Waals surface area contributed by atoms with Crippen LogP contribution >= 0.6 is 11.8 Å². The normalized spacial score (nSPS) is 13.5. The summed E-state index contributed by atoms with van der Waals surface area (Å²) in [6, 6.07) is 0.682. The highest BCUT2D eigenvalue weighted by atomic mass is 32.2. The van der Waals surface area contributed by atoms with Gasteiger partial charge in [0.25, 0.3) is 0 Å². The third-order valence-corrected chi connectivity index (χ3v) is 2.70. The van der Waals surface area contributed by atoms with Gasteiger partial charge in [0, 0.05) is 11.8 Å². The van der Waals surface area contributed by atoms with Crippen LogP contribution in [0.1, 0.15) is 27.2 Å². The summed E-state index contributed by atoms with van der Waals surface area (Å²) in [7, 11) is 0. The van der Waals surface area contributed by atoms with Crippen LogP contribution in [0.5, 0.6) is 0 Å². The number of hydrogen-bond acceptors (Lipinski definition) is 2. The first-order valence-electron chi connectivity index (χ1n) is 4.12. The van der Waals surface area contributed by atoms with Gasteiger partial charge in [-0.2, -0.15) is 11.8 Å². The molecule has 0 amide bonds. The molecular formula is C8H19NS. The second kappa shape index (κ2) is 7.42. The lowest BCUT2D eigenvalue weighted by Gasteiger charge is -2.10. The Morgan fingerprint density at radius 2 is 2.10 bits per heavy atom. The Labute approximate surface area is 69.0 Å². The van der Waals surface area contributed by atoms with Crippen molar-refractivity contribution in [2.24, 2.45) is 0 Å². The summed E-state index contributed by atoms with van der Waals surface area (Å²) in [6.45, 7) is 7.71. The fraction of sp³-hybridized carbons (Fsp3) is 1.00. The van der Waals surface area contributed by atoms with Crippen LogP contribution in [0.3, 0.4) is 0 Å². The van der Waals surface area contributed by atoms with Gasteiger partial charge in [-0.05, 0) is 25.6 Å². The third-order valence-electron chi connectivity index (χ3n) is 1.27. The van der Waals surface area contributed by atoms with Gasteiger partial charge in [0.05, 0.1) is 0 Å². The average molecular weight is 161 g/mol. The summed E-state index contributed by atoms with van der Waals surface area (Å²) in [6.07, 6.45) is 1.30. The predicted molar refractivity (Wildman–Crippen MR) is 50.8 cm³/mol. The molecule has 0 saturated carbocycles. The van der Waals surface area contributed by atoms with Gasteiger partial charge >= 0.3 is 0 Å². The highest BCUT2D eigenvalue weighted by Gasteiger charge is 1.97. The molecular weight excluding hydrogens is 142 g/mol. The lowest BCUT2D eigenvalue weighted by Crippen LogP contribution is -2.27. The average Bonchev–Trinajstić information content (AvgIpc) is 1.89. The quantitative estimate of drug-likeness (QED) is 0.599. The number of hydrogen-bond donors (Lipinski definition) is 1. The number of rotatable bonds is 6. The zero-order chi connectivity index (χ0) is 7.82. The van der Waals surface area contributed by atoms with Crippen LogP contribution in [0.15, 0.2) is 0 Å². The molecule has 0 aromatic heterocycles. The van der Waals surface area contributed by atoms with E-state index in [1.165, 1.54) is 17.9 Å². The SMILES string of the molecule is CCCSCC(C)NCC. The van der Waals surface area contributed by atoms with Crippen LogP contribution < -0.4 is 5.32 Å². The van der Waals surface area contributed by atoms with Crippen LogP contribution in [0.4, 0.5) is 0 Å². The van der Waals surface area contributed by atoms with Crippen molar-refractivity contribution in [3.8, 4) is 0 Å². The third kappa shape index (κ3) is 6.43. The molecule has 0 aliphatic rings. The molecule has 0 aromatic rings. The van der Waals surface area contributed by atoms with Crippen LogP contribution in [-0.2, 0) is 0 Å². The van der Waals surface area contributed by atoms with Crippen molar-refractivity contribution in [2.45, 2.75) is 33.2 Å². The Hall–Kier alpha value is 0.310. The van der Waals surface area contributed by atoms with E-state index in [0.717, 1.165) is 6.54 Å². The van der Waals surface area contributed by atoms with Gasteiger partial charge < -0.3 is 5.32 Å². The maximum atomic E-state index is 3.38. The van der Waals surface area contributed by atoms with Gasteiger partial charge in [-0.1, -0.05) is 13.8 Å². The number of thioether (sulfide) groups is 1. The van der Waals surface area contributed by atoms with Gasteiger partial charge in [0.2, 0.25) is 0 Å². The van der Waals surface area contributed by atoms with Crippen molar-refractivity contribution in [1.29, 1.82) is 0 Å². The fourth-order valence-corrected chi connectivity index (χ4v) is 1.74. The Morgan fingerprint density at radius 1 is 1.40 bits per heavy atom. The second-order valence-electron chi connectivity index (χ2n) is 2.53. The zero-order valence-electron chi connectivity index (χ0n) is 7.31. The Balaban J connectivity index is 2.97. The van der Waals surface area contributed by atoms with Crippen LogP contribution in [0, 0.1) is 0 Å². The lowest BCUT2D eigenvalue weighted by atomic mass is 10.4. The molecule has 0 heterocycles. The first-order valence-corrected chi connectivity index (χ1v) is 5.27. The minimum Gasteiger partial charge on any atom is -0.314 e. The maximum Gasteiger partial charge on any atom is 0.0129 e. The molecule has 1 unspecified atom stereocenters. The van der Waals surface area contributed by atoms with Crippen molar-refractivity contribution in [3.63, 3.8) is 0 Å². The van der Waals surface area contributed by atoms with Gasteiger partial charge in [0.15, 0.2) is 0 Å². The lowest BCUT2D eigenvalue weighted by molar-refractivity contribution is 0.620. The number of nitrogens with one attached hydrogen (secondary N) is 1. The fourth-order valence-electron chi connectivity index (χ4n) is 0.812. The summed E-state index contributed by atoms with van der Waals surface area (Å²) >= 11 is 2.04. The smallest absolute Gasteiger partial charge is 0.0129 e. The summed E-state index contributed by atoms with van der Waals surface area (Å²) in [4.78, 5) is 0. The zero-order valence-corrected chi connectivity index (χ0v) is 8.13.